The lowest BCUT2D eigenvalue weighted by Crippen LogP contribution is -2.11. The Morgan fingerprint density at radius 2 is 2.05 bits per heavy atom. The number of imidazole rings is 1. The number of aromatic amines is 1. The Morgan fingerprint density at radius 3 is 3.00 bits per heavy atom. The van der Waals surface area contributed by atoms with Crippen molar-refractivity contribution in [2.45, 2.75) is 12.8 Å². The van der Waals surface area contributed by atoms with Crippen LogP contribution in [0.5, 0.6) is 0 Å². The molecule has 0 radical (unpaired) electrons. The lowest BCUT2D eigenvalue weighted by molar-refractivity contribution is 0.629. The highest BCUT2D eigenvalue weighted by molar-refractivity contribution is 5.80. The van der Waals surface area contributed by atoms with Gasteiger partial charge in [0.1, 0.15) is 11.6 Å². The molecular weight excluding hydrogens is 253 g/mol. The monoisotopic (exact) mass is 267 g/mol. The van der Waals surface area contributed by atoms with Crippen LogP contribution in [0.1, 0.15) is 12.0 Å². The van der Waals surface area contributed by atoms with Crippen molar-refractivity contribution < 1.29 is 4.39 Å². The summed E-state index contributed by atoms with van der Waals surface area (Å²) in [5.41, 5.74) is 5.10. The van der Waals surface area contributed by atoms with E-state index in [2.05, 4.69) is 27.4 Å². The Balaban J connectivity index is 1.82. The summed E-state index contributed by atoms with van der Waals surface area (Å²) < 4.78 is 13.2. The summed E-state index contributed by atoms with van der Waals surface area (Å²) in [6.45, 7) is 1.04. The van der Waals surface area contributed by atoms with Gasteiger partial charge in [0, 0.05) is 17.8 Å². The number of benzene rings is 2. The first kappa shape index (κ1) is 11.5. The Labute approximate surface area is 115 Å². The third-order valence-electron chi connectivity index (χ3n) is 3.76. The fourth-order valence-electron chi connectivity index (χ4n) is 2.74. The maximum absolute atomic E-state index is 13.2. The number of hydrogen-bond donors (Lipinski definition) is 2. The fourth-order valence-corrected chi connectivity index (χ4v) is 2.74. The lowest BCUT2D eigenvalue weighted by atomic mass is 10.0. The van der Waals surface area contributed by atoms with Crippen molar-refractivity contribution in [1.29, 1.82) is 0 Å². The molecule has 4 rings (SSSR count). The van der Waals surface area contributed by atoms with Gasteiger partial charge in [0.05, 0.1) is 11.0 Å². The van der Waals surface area contributed by atoms with Gasteiger partial charge in [-0.25, -0.2) is 9.37 Å². The Kier molecular flexibility index (Phi) is 2.49. The summed E-state index contributed by atoms with van der Waals surface area (Å²) in [5, 5.41) is 3.40. The van der Waals surface area contributed by atoms with Crippen molar-refractivity contribution in [3.8, 4) is 11.4 Å². The number of nitrogens with one attached hydrogen (secondary N) is 2. The molecule has 20 heavy (non-hydrogen) atoms. The molecule has 0 saturated heterocycles. The van der Waals surface area contributed by atoms with Crippen LogP contribution < -0.4 is 5.32 Å². The van der Waals surface area contributed by atoms with E-state index in [1.165, 1.54) is 23.4 Å². The van der Waals surface area contributed by atoms with Crippen molar-refractivity contribution in [2.24, 2.45) is 0 Å². The first-order chi connectivity index (χ1) is 9.79. The number of hydrogen-bond acceptors (Lipinski definition) is 2. The molecule has 0 bridgehead atoms. The molecule has 0 fully saturated rings. The minimum atomic E-state index is -0.248. The molecular formula is C16H14FN3. The Bertz CT molecular complexity index is 792. The van der Waals surface area contributed by atoms with Gasteiger partial charge in [0.25, 0.3) is 0 Å². The summed E-state index contributed by atoms with van der Waals surface area (Å²) in [6, 6.07) is 10.9. The van der Waals surface area contributed by atoms with Crippen LogP contribution in [-0.4, -0.2) is 16.5 Å². The van der Waals surface area contributed by atoms with Gasteiger partial charge in [-0.2, -0.15) is 0 Å². The van der Waals surface area contributed by atoms with Gasteiger partial charge in [-0.15, -0.1) is 0 Å². The van der Waals surface area contributed by atoms with E-state index in [-0.39, 0.29) is 5.82 Å². The zero-order valence-electron chi connectivity index (χ0n) is 10.9. The van der Waals surface area contributed by atoms with Crippen molar-refractivity contribution in [1.82, 2.24) is 9.97 Å². The molecule has 2 aromatic carbocycles. The summed E-state index contributed by atoms with van der Waals surface area (Å²) >= 11 is 0. The molecule has 0 unspecified atom stereocenters. The van der Waals surface area contributed by atoms with Gasteiger partial charge in [0.2, 0.25) is 0 Å². The molecule has 0 atom stereocenters. The first-order valence-electron chi connectivity index (χ1n) is 6.82. The van der Waals surface area contributed by atoms with E-state index in [9.17, 15) is 4.39 Å². The van der Waals surface area contributed by atoms with Crippen LogP contribution in [-0.2, 0) is 6.42 Å². The minimum absolute atomic E-state index is 0.248. The maximum Gasteiger partial charge on any atom is 0.138 e. The molecule has 1 aliphatic heterocycles. The smallest absolute Gasteiger partial charge is 0.138 e. The maximum atomic E-state index is 13.2. The van der Waals surface area contributed by atoms with Crippen LogP contribution in [0.3, 0.4) is 0 Å². The van der Waals surface area contributed by atoms with Crippen molar-refractivity contribution in [3.63, 3.8) is 0 Å². The molecule has 3 nitrogen and oxygen atoms in total. The fraction of sp³-hybridized carbons (Fsp3) is 0.188. The highest BCUT2D eigenvalue weighted by Crippen LogP contribution is 2.28. The van der Waals surface area contributed by atoms with E-state index in [4.69, 9.17) is 0 Å². The zero-order chi connectivity index (χ0) is 13.5. The van der Waals surface area contributed by atoms with Crippen molar-refractivity contribution in [2.75, 3.05) is 11.9 Å². The third kappa shape index (κ3) is 1.84. The number of nitrogens with zero attached hydrogens (tertiary/aromatic N) is 1. The van der Waals surface area contributed by atoms with E-state index < -0.39 is 0 Å². The molecule has 3 aromatic rings. The average Bonchev–Trinajstić information content (AvgIpc) is 2.89. The van der Waals surface area contributed by atoms with E-state index in [1.54, 1.807) is 6.07 Å². The standard InChI is InChI=1S/C16H14FN3/c17-12-4-6-14-15(9-12)20-16(19-14)11-3-5-13-10(8-11)2-1-7-18-13/h3-6,8-9,18H,1-2,7H2,(H,19,20). The number of halogens is 1. The molecule has 4 heteroatoms. The van der Waals surface area contributed by atoms with Gasteiger partial charge in [-0.1, -0.05) is 0 Å². The molecule has 2 N–H and O–H groups in total. The molecule has 100 valence electrons. The van der Waals surface area contributed by atoms with Crippen molar-refractivity contribution >= 4 is 16.7 Å². The molecule has 0 spiro atoms. The van der Waals surface area contributed by atoms with Crippen LogP contribution in [0.4, 0.5) is 10.1 Å². The summed E-state index contributed by atoms with van der Waals surface area (Å²) in [5.74, 6) is 0.543. The first-order valence-corrected chi connectivity index (χ1v) is 6.82. The lowest BCUT2D eigenvalue weighted by Gasteiger charge is -2.18. The third-order valence-corrected chi connectivity index (χ3v) is 3.76. The van der Waals surface area contributed by atoms with Gasteiger partial charge >= 0.3 is 0 Å². The minimum Gasteiger partial charge on any atom is -0.385 e. The summed E-state index contributed by atoms with van der Waals surface area (Å²) in [4.78, 5) is 7.72. The second-order valence-corrected chi connectivity index (χ2v) is 5.15. The van der Waals surface area contributed by atoms with Gasteiger partial charge in [-0.3, -0.25) is 0 Å². The summed E-state index contributed by atoms with van der Waals surface area (Å²) in [7, 11) is 0. The van der Waals surface area contributed by atoms with Crippen LogP contribution in [0.2, 0.25) is 0 Å². The molecule has 0 aliphatic carbocycles. The zero-order valence-corrected chi connectivity index (χ0v) is 10.9. The average molecular weight is 267 g/mol. The van der Waals surface area contributed by atoms with Crippen LogP contribution in [0.15, 0.2) is 36.4 Å². The quantitative estimate of drug-likeness (QED) is 0.705. The number of aryl methyl sites for hydroxylation is 1. The number of H-pyrrole nitrogens is 1. The molecule has 1 aromatic heterocycles. The van der Waals surface area contributed by atoms with E-state index in [0.29, 0.717) is 0 Å². The predicted molar refractivity (Wildman–Crippen MR) is 78.3 cm³/mol. The molecule has 1 aliphatic rings. The molecule has 0 saturated carbocycles. The van der Waals surface area contributed by atoms with Crippen molar-refractivity contribution in [3.05, 3.63) is 47.8 Å². The van der Waals surface area contributed by atoms with Crippen LogP contribution >= 0.6 is 0 Å². The summed E-state index contributed by atoms with van der Waals surface area (Å²) in [6.07, 6.45) is 2.24. The number of rotatable bonds is 1. The van der Waals surface area contributed by atoms with Gasteiger partial charge in [-0.05, 0) is 54.8 Å². The molecule has 2 heterocycles. The highest BCUT2D eigenvalue weighted by atomic mass is 19.1. The van der Waals surface area contributed by atoms with E-state index >= 15 is 0 Å². The number of fused-ring (bicyclic) bond motifs is 2. The van der Waals surface area contributed by atoms with Gasteiger partial charge in [0.15, 0.2) is 0 Å². The second-order valence-electron chi connectivity index (χ2n) is 5.15. The SMILES string of the molecule is Fc1ccc2nc(-c3ccc4c(c3)CCCN4)[nH]c2c1. The number of aromatic nitrogens is 2. The highest BCUT2D eigenvalue weighted by Gasteiger charge is 2.11. The van der Waals surface area contributed by atoms with E-state index in [1.807, 2.05) is 6.07 Å². The van der Waals surface area contributed by atoms with Gasteiger partial charge < -0.3 is 10.3 Å². The Hall–Kier alpha value is -2.36. The number of anilines is 1. The Morgan fingerprint density at radius 1 is 1.10 bits per heavy atom. The normalized spacial score (nSPS) is 14.1. The second kappa shape index (κ2) is 4.34. The van der Waals surface area contributed by atoms with Crippen LogP contribution in [0.25, 0.3) is 22.4 Å². The van der Waals surface area contributed by atoms with Crippen LogP contribution in [0, 0.1) is 5.82 Å². The topological polar surface area (TPSA) is 40.7 Å². The molecule has 0 amide bonds. The largest absolute Gasteiger partial charge is 0.385 e. The predicted octanol–water partition coefficient (Wildman–Crippen LogP) is 3.73. The van der Waals surface area contributed by atoms with E-state index in [0.717, 1.165) is 41.8 Å².